The van der Waals surface area contributed by atoms with Crippen molar-refractivity contribution in [1.29, 1.82) is 0 Å². The Morgan fingerprint density at radius 2 is 0.907 bits per heavy atom. The van der Waals surface area contributed by atoms with E-state index < -0.39 is 0 Å². The van der Waals surface area contributed by atoms with Gasteiger partial charge in [-0.2, -0.15) is 0 Å². The van der Waals surface area contributed by atoms with Crippen molar-refractivity contribution in [3.63, 3.8) is 0 Å². The Bertz CT molecular complexity index is 2570. The van der Waals surface area contributed by atoms with Crippen molar-refractivity contribution < 1.29 is 0 Å². The molecule has 8 aromatic carbocycles. The molecule has 260 valence electrons. The van der Waals surface area contributed by atoms with Gasteiger partial charge in [0.15, 0.2) is 0 Å². The summed E-state index contributed by atoms with van der Waals surface area (Å²) in [7, 11) is 0. The third kappa shape index (κ3) is 6.06. The molecule has 0 saturated carbocycles. The van der Waals surface area contributed by atoms with Crippen molar-refractivity contribution in [1.82, 2.24) is 0 Å². The molecule has 0 unspecified atom stereocenters. The molecule has 0 amide bonds. The van der Waals surface area contributed by atoms with E-state index in [0.29, 0.717) is 0 Å². The average Bonchev–Trinajstić information content (AvgIpc) is 3.44. The molecule has 8 aromatic rings. The van der Waals surface area contributed by atoms with Crippen LogP contribution in [0.2, 0.25) is 0 Å². The van der Waals surface area contributed by atoms with Crippen molar-refractivity contribution in [2.45, 2.75) is 26.2 Å². The van der Waals surface area contributed by atoms with E-state index in [-0.39, 0.29) is 5.41 Å². The summed E-state index contributed by atoms with van der Waals surface area (Å²) in [5.41, 5.74) is 15.7. The number of hydrogen-bond donors (Lipinski definition) is 0. The van der Waals surface area contributed by atoms with Gasteiger partial charge in [-0.3, -0.25) is 0 Å². The lowest BCUT2D eigenvalue weighted by molar-refractivity contribution is 0.660. The maximum atomic E-state index is 2.39. The number of anilines is 6. The zero-order valence-electron chi connectivity index (χ0n) is 30.9. The van der Waals surface area contributed by atoms with Crippen molar-refractivity contribution in [2.24, 2.45) is 0 Å². The predicted molar refractivity (Wildman–Crippen MR) is 231 cm³/mol. The lowest BCUT2D eigenvalue weighted by atomic mass is 9.81. The van der Waals surface area contributed by atoms with Crippen LogP contribution in [0.1, 0.15) is 41.7 Å². The maximum absolute atomic E-state index is 2.39. The average molecular weight is 695 g/mol. The van der Waals surface area contributed by atoms with Gasteiger partial charge in [-0.1, -0.05) is 153 Å². The molecule has 0 aliphatic heterocycles. The fraction of sp³-hybridized carbons (Fsp3) is 0.0769. The molecule has 0 atom stereocenters. The molecule has 1 aliphatic carbocycles. The summed E-state index contributed by atoms with van der Waals surface area (Å²) >= 11 is 0. The Kier molecular flexibility index (Phi) is 8.44. The van der Waals surface area contributed by atoms with Crippen molar-refractivity contribution >= 4 is 57.0 Å². The lowest BCUT2D eigenvalue weighted by Crippen LogP contribution is -2.16. The van der Waals surface area contributed by atoms with Gasteiger partial charge in [0.1, 0.15) is 0 Å². The highest BCUT2D eigenvalue weighted by Crippen LogP contribution is 2.51. The van der Waals surface area contributed by atoms with Gasteiger partial charge in [-0.05, 0) is 112 Å². The second-order valence-corrected chi connectivity index (χ2v) is 14.8. The molecular weight excluding hydrogens is 653 g/mol. The molecule has 0 fully saturated rings. The van der Waals surface area contributed by atoms with Crippen molar-refractivity contribution in [3.05, 3.63) is 216 Å². The Hall–Kier alpha value is -6.64. The van der Waals surface area contributed by atoms with Gasteiger partial charge >= 0.3 is 0 Å². The Morgan fingerprint density at radius 1 is 0.407 bits per heavy atom. The number of rotatable bonds is 8. The standard InChI is InChI=1S/C52H42N2/c1-37-21-28-43(29-22-37)54(51-20-12-14-40-13-10-11-19-46(40)51)44-30-25-38(26-31-44)23-24-39-27-33-47-48-34-32-45(36-50(48)52(2,3)49(47)35-39)53(41-15-6-4-7-16-41)42-17-8-5-9-18-42/h4-36H,1-3H3. The largest absolute Gasteiger partial charge is 0.310 e. The predicted octanol–water partition coefficient (Wildman–Crippen LogP) is 14.6. The Labute approximate surface area is 318 Å². The minimum Gasteiger partial charge on any atom is -0.310 e. The second-order valence-electron chi connectivity index (χ2n) is 14.8. The highest BCUT2D eigenvalue weighted by atomic mass is 15.1. The number of para-hydroxylation sites is 2. The number of aryl methyl sites for hydroxylation is 1. The number of nitrogens with zero attached hydrogens (tertiary/aromatic N) is 2. The summed E-state index contributed by atoms with van der Waals surface area (Å²) in [6, 6.07) is 68.0. The molecule has 54 heavy (non-hydrogen) atoms. The first-order valence-corrected chi connectivity index (χ1v) is 18.8. The lowest BCUT2D eigenvalue weighted by Gasteiger charge is -2.28. The zero-order chi connectivity index (χ0) is 36.6. The van der Waals surface area contributed by atoms with Crippen molar-refractivity contribution in [2.75, 3.05) is 9.80 Å². The summed E-state index contributed by atoms with van der Waals surface area (Å²) in [6.45, 7) is 6.86. The third-order valence-electron chi connectivity index (χ3n) is 10.9. The highest BCUT2D eigenvalue weighted by molar-refractivity contribution is 5.99. The second kappa shape index (κ2) is 13.7. The first-order chi connectivity index (χ1) is 26.4. The summed E-state index contributed by atoms with van der Waals surface area (Å²) in [5.74, 6) is 0. The molecule has 1 aliphatic rings. The Balaban J connectivity index is 1.01. The quantitative estimate of drug-likeness (QED) is 0.146. The van der Waals surface area contributed by atoms with Gasteiger partial charge in [-0.25, -0.2) is 0 Å². The summed E-state index contributed by atoms with van der Waals surface area (Å²) in [6.07, 6.45) is 4.47. The molecule has 0 bridgehead atoms. The van der Waals surface area contributed by atoms with E-state index >= 15 is 0 Å². The third-order valence-corrected chi connectivity index (χ3v) is 10.9. The van der Waals surface area contributed by atoms with Crippen LogP contribution in [-0.4, -0.2) is 0 Å². The summed E-state index contributed by atoms with van der Waals surface area (Å²) in [4.78, 5) is 4.71. The molecule has 2 nitrogen and oxygen atoms in total. The molecule has 0 heterocycles. The number of benzene rings is 8. The van der Waals surface area contributed by atoms with Crippen LogP contribution in [-0.2, 0) is 5.41 Å². The van der Waals surface area contributed by atoms with Crippen LogP contribution in [0.3, 0.4) is 0 Å². The Morgan fingerprint density at radius 3 is 1.59 bits per heavy atom. The topological polar surface area (TPSA) is 6.48 Å². The van der Waals surface area contributed by atoms with Crippen LogP contribution in [0.15, 0.2) is 188 Å². The SMILES string of the molecule is Cc1ccc(N(c2ccc(C=Cc3ccc4c(c3)C(C)(C)c3cc(N(c5ccccc5)c5ccccc5)ccc3-4)cc2)c2cccc3ccccc23)cc1. The maximum Gasteiger partial charge on any atom is 0.0540 e. The molecular formula is C52H42N2. The van der Waals surface area contributed by atoms with Crippen LogP contribution < -0.4 is 9.80 Å². The van der Waals surface area contributed by atoms with E-state index in [0.717, 1.165) is 34.0 Å². The van der Waals surface area contributed by atoms with Gasteiger partial charge in [-0.15, -0.1) is 0 Å². The molecule has 0 saturated heterocycles. The van der Waals surface area contributed by atoms with Crippen molar-refractivity contribution in [3.8, 4) is 11.1 Å². The molecule has 0 aromatic heterocycles. The van der Waals surface area contributed by atoms with Crippen LogP contribution in [0.5, 0.6) is 0 Å². The van der Waals surface area contributed by atoms with Gasteiger partial charge in [0.05, 0.1) is 5.69 Å². The van der Waals surface area contributed by atoms with Crippen LogP contribution in [0.25, 0.3) is 34.1 Å². The monoisotopic (exact) mass is 694 g/mol. The van der Waals surface area contributed by atoms with E-state index in [9.17, 15) is 0 Å². The summed E-state index contributed by atoms with van der Waals surface area (Å²) < 4.78 is 0. The zero-order valence-corrected chi connectivity index (χ0v) is 30.9. The minimum absolute atomic E-state index is 0.147. The normalized spacial score (nSPS) is 12.8. The molecule has 0 spiro atoms. The first kappa shape index (κ1) is 33.2. The van der Waals surface area contributed by atoms with Gasteiger partial charge in [0.25, 0.3) is 0 Å². The van der Waals surface area contributed by atoms with Crippen LogP contribution >= 0.6 is 0 Å². The van der Waals surface area contributed by atoms with E-state index in [4.69, 9.17) is 0 Å². The molecule has 0 N–H and O–H groups in total. The van der Waals surface area contributed by atoms with Crippen LogP contribution in [0.4, 0.5) is 34.1 Å². The number of fused-ring (bicyclic) bond motifs is 4. The molecule has 0 radical (unpaired) electrons. The van der Waals surface area contributed by atoms with E-state index in [1.54, 1.807) is 0 Å². The molecule has 9 rings (SSSR count). The smallest absolute Gasteiger partial charge is 0.0540 e. The summed E-state index contributed by atoms with van der Waals surface area (Å²) in [5, 5.41) is 2.46. The van der Waals surface area contributed by atoms with E-state index in [2.05, 4.69) is 231 Å². The fourth-order valence-electron chi connectivity index (χ4n) is 8.04. The van der Waals surface area contributed by atoms with Gasteiger partial charge in [0, 0.05) is 39.2 Å². The van der Waals surface area contributed by atoms with Crippen LogP contribution in [0, 0.1) is 6.92 Å². The number of hydrogen-bond acceptors (Lipinski definition) is 2. The highest BCUT2D eigenvalue weighted by Gasteiger charge is 2.36. The fourth-order valence-corrected chi connectivity index (χ4v) is 8.04. The van der Waals surface area contributed by atoms with Gasteiger partial charge in [0.2, 0.25) is 0 Å². The van der Waals surface area contributed by atoms with E-state index in [1.807, 2.05) is 0 Å². The van der Waals surface area contributed by atoms with E-state index in [1.165, 1.54) is 49.8 Å². The minimum atomic E-state index is -0.147. The van der Waals surface area contributed by atoms with Gasteiger partial charge < -0.3 is 9.80 Å². The molecule has 2 heteroatoms. The first-order valence-electron chi connectivity index (χ1n) is 18.8.